The first-order valence-electron chi connectivity index (χ1n) is 11.4. The van der Waals surface area contributed by atoms with E-state index in [0.29, 0.717) is 29.0 Å². The molecule has 0 aliphatic heterocycles. The van der Waals surface area contributed by atoms with Gasteiger partial charge in [-0.05, 0) is 80.2 Å². The lowest BCUT2D eigenvalue weighted by Crippen LogP contribution is -2.59. The van der Waals surface area contributed by atoms with Gasteiger partial charge in [0.25, 0.3) is 5.91 Å². The average Bonchev–Trinajstić information content (AvgIpc) is 3.25. The molecule has 7 rings (SSSR count). The number of carbonyl (C=O) groups excluding carboxylic acids is 1. The third-order valence-corrected chi connectivity index (χ3v) is 7.73. The van der Waals surface area contributed by atoms with Crippen LogP contribution in [0.25, 0.3) is 11.0 Å². The summed E-state index contributed by atoms with van der Waals surface area (Å²) in [5.41, 5.74) is 2.33. The zero-order valence-electron chi connectivity index (χ0n) is 18.1. The normalized spacial score (nSPS) is 30.4. The smallest absolute Gasteiger partial charge is 0.259 e. The Kier molecular flexibility index (Phi) is 4.43. The van der Waals surface area contributed by atoms with Crippen LogP contribution in [-0.2, 0) is 0 Å². The number of anilines is 2. The van der Waals surface area contributed by atoms with Crippen molar-refractivity contribution in [3.05, 3.63) is 48.3 Å². The molecule has 4 fully saturated rings. The van der Waals surface area contributed by atoms with Crippen LogP contribution in [0.1, 0.15) is 42.5 Å². The molecule has 7 nitrogen and oxygen atoms in total. The molecule has 3 unspecified atom stereocenters. The maximum Gasteiger partial charge on any atom is 0.259 e. The minimum Gasteiger partial charge on any atom is -0.497 e. The van der Waals surface area contributed by atoms with Crippen LogP contribution in [-0.4, -0.2) is 39.7 Å². The third kappa shape index (κ3) is 3.23. The molecule has 4 saturated carbocycles. The maximum atomic E-state index is 13.3. The number of nitrogens with one attached hydrogen (secondary N) is 3. The van der Waals surface area contributed by atoms with Gasteiger partial charge >= 0.3 is 0 Å². The van der Waals surface area contributed by atoms with Crippen molar-refractivity contribution in [1.82, 2.24) is 9.97 Å². The second kappa shape index (κ2) is 7.24. The number of benzene rings is 1. The molecule has 2 heterocycles. The van der Waals surface area contributed by atoms with E-state index in [-0.39, 0.29) is 11.9 Å². The highest BCUT2D eigenvalue weighted by Crippen LogP contribution is 2.56. The molecule has 5 atom stereocenters. The summed E-state index contributed by atoms with van der Waals surface area (Å²) in [6, 6.07) is 9.52. The molecule has 4 bridgehead atoms. The molecule has 4 aliphatic rings. The lowest BCUT2D eigenvalue weighted by Gasteiger charge is -2.58. The number of aliphatic hydroxyl groups is 1. The van der Waals surface area contributed by atoms with Crippen molar-refractivity contribution in [1.29, 1.82) is 0 Å². The van der Waals surface area contributed by atoms with E-state index in [1.54, 1.807) is 13.3 Å². The first kappa shape index (κ1) is 19.6. The fourth-order valence-electron chi connectivity index (χ4n) is 6.59. The molecule has 1 amide bonds. The van der Waals surface area contributed by atoms with Crippen molar-refractivity contribution < 1.29 is 14.6 Å². The molecule has 0 spiro atoms. The van der Waals surface area contributed by atoms with Gasteiger partial charge in [-0.15, -0.1) is 0 Å². The molecule has 4 N–H and O–H groups in total. The number of H-pyrrole nitrogens is 1. The Labute approximate surface area is 186 Å². The number of aromatic nitrogens is 2. The molecule has 0 radical (unpaired) electrons. The first-order chi connectivity index (χ1) is 15.5. The number of methoxy groups -OCH3 is 1. The van der Waals surface area contributed by atoms with Gasteiger partial charge in [0.15, 0.2) is 0 Å². The lowest BCUT2D eigenvalue weighted by atomic mass is 9.52. The molecule has 3 aromatic rings. The summed E-state index contributed by atoms with van der Waals surface area (Å²) < 4.78 is 5.20. The summed E-state index contributed by atoms with van der Waals surface area (Å²) in [5.74, 6) is 2.05. The number of nitrogens with zero attached hydrogens (tertiary/aromatic N) is 1. The van der Waals surface area contributed by atoms with Crippen LogP contribution in [0, 0.1) is 17.8 Å². The van der Waals surface area contributed by atoms with Crippen molar-refractivity contribution in [2.75, 3.05) is 17.7 Å². The van der Waals surface area contributed by atoms with E-state index in [9.17, 15) is 9.90 Å². The van der Waals surface area contributed by atoms with E-state index in [1.807, 2.05) is 36.5 Å². The monoisotopic (exact) mass is 432 g/mol. The Morgan fingerprint density at radius 3 is 2.59 bits per heavy atom. The molecule has 2 aromatic heterocycles. The second-order valence-electron chi connectivity index (χ2n) is 9.83. The van der Waals surface area contributed by atoms with Crippen molar-refractivity contribution in [3.63, 3.8) is 0 Å². The quantitative estimate of drug-likeness (QED) is 0.485. The van der Waals surface area contributed by atoms with E-state index in [1.165, 1.54) is 0 Å². The predicted octanol–water partition coefficient (Wildman–Crippen LogP) is 4.18. The van der Waals surface area contributed by atoms with Gasteiger partial charge in [0.1, 0.15) is 11.4 Å². The van der Waals surface area contributed by atoms with Gasteiger partial charge in [-0.2, -0.15) is 0 Å². The number of carbonyl (C=O) groups is 1. The fraction of sp³-hybridized carbons (Fsp3) is 0.440. The Balaban J connectivity index is 1.32. The van der Waals surface area contributed by atoms with Crippen molar-refractivity contribution in [2.24, 2.45) is 17.8 Å². The summed E-state index contributed by atoms with van der Waals surface area (Å²) in [5, 5.41) is 18.6. The SMILES string of the molecule is COc1ccc(NC(=O)c2cnc3[nH]ccc3c2NC2[C@@H]3CC4C[C@H]2CC(O)(C4)C3)cc1. The predicted molar refractivity (Wildman–Crippen MR) is 123 cm³/mol. The standard InChI is InChI=1S/C25H28N4O3/c1-32-18-4-2-17(3-5-18)28-24(30)20-13-27-23-19(6-7-26-23)22(20)29-21-15-8-14-9-16(21)12-25(31,10-14)11-15/h2-7,13-16,21,31H,8-12H2,1H3,(H,28,30)(H2,26,27,29)/t14?,15-,16+,21?,25?. The molecular weight excluding hydrogens is 404 g/mol. The summed E-state index contributed by atoms with van der Waals surface area (Å²) in [4.78, 5) is 20.9. The van der Waals surface area contributed by atoms with Gasteiger partial charge < -0.3 is 25.5 Å². The topological polar surface area (TPSA) is 99.3 Å². The van der Waals surface area contributed by atoms with Gasteiger partial charge in [0.2, 0.25) is 0 Å². The molecule has 1 aromatic carbocycles. The van der Waals surface area contributed by atoms with Gasteiger partial charge in [-0.3, -0.25) is 4.79 Å². The van der Waals surface area contributed by atoms with Gasteiger partial charge in [-0.25, -0.2) is 4.98 Å². The molecule has 4 aliphatic carbocycles. The molecule has 166 valence electrons. The number of hydrogen-bond acceptors (Lipinski definition) is 5. The molecular formula is C25H28N4O3. The average molecular weight is 433 g/mol. The van der Waals surface area contributed by atoms with Crippen LogP contribution < -0.4 is 15.4 Å². The Morgan fingerprint density at radius 1 is 1.16 bits per heavy atom. The summed E-state index contributed by atoms with van der Waals surface area (Å²) >= 11 is 0. The third-order valence-electron chi connectivity index (χ3n) is 7.73. The van der Waals surface area contributed by atoms with Gasteiger partial charge in [0, 0.05) is 29.5 Å². The van der Waals surface area contributed by atoms with E-state index in [0.717, 1.165) is 54.6 Å². The maximum absolute atomic E-state index is 13.3. The van der Waals surface area contributed by atoms with Gasteiger partial charge in [0.05, 0.1) is 24.0 Å². The molecule has 0 saturated heterocycles. The van der Waals surface area contributed by atoms with Crippen LogP contribution in [0.4, 0.5) is 11.4 Å². The zero-order chi connectivity index (χ0) is 21.9. The van der Waals surface area contributed by atoms with Crippen molar-refractivity contribution in [2.45, 2.75) is 43.7 Å². The lowest BCUT2D eigenvalue weighted by molar-refractivity contribution is -0.129. The van der Waals surface area contributed by atoms with Crippen LogP contribution >= 0.6 is 0 Å². The number of pyridine rings is 1. The van der Waals surface area contributed by atoms with E-state index in [4.69, 9.17) is 4.74 Å². The Bertz CT molecular complexity index is 1160. The van der Waals surface area contributed by atoms with Crippen LogP contribution in [0.3, 0.4) is 0 Å². The van der Waals surface area contributed by atoms with E-state index < -0.39 is 5.60 Å². The molecule has 7 heteroatoms. The van der Waals surface area contributed by atoms with Crippen LogP contribution in [0.15, 0.2) is 42.7 Å². The Morgan fingerprint density at radius 2 is 1.91 bits per heavy atom. The van der Waals surface area contributed by atoms with E-state index >= 15 is 0 Å². The Hall–Kier alpha value is -3.06. The van der Waals surface area contributed by atoms with E-state index in [2.05, 4.69) is 20.6 Å². The second-order valence-corrected chi connectivity index (χ2v) is 9.83. The number of aromatic amines is 1. The largest absolute Gasteiger partial charge is 0.497 e. The number of hydrogen-bond donors (Lipinski definition) is 4. The number of ether oxygens (including phenoxy) is 1. The summed E-state index contributed by atoms with van der Waals surface area (Å²) in [7, 11) is 1.62. The first-order valence-corrected chi connectivity index (χ1v) is 11.4. The number of rotatable bonds is 5. The van der Waals surface area contributed by atoms with Crippen molar-refractivity contribution in [3.8, 4) is 5.75 Å². The number of amides is 1. The highest BCUT2D eigenvalue weighted by molar-refractivity contribution is 6.12. The minimum absolute atomic E-state index is 0.198. The summed E-state index contributed by atoms with van der Waals surface area (Å²) in [6.45, 7) is 0. The fourth-order valence-corrected chi connectivity index (χ4v) is 6.59. The zero-order valence-corrected chi connectivity index (χ0v) is 18.1. The van der Waals surface area contributed by atoms with Gasteiger partial charge in [-0.1, -0.05) is 0 Å². The number of fused-ring (bicyclic) bond motifs is 1. The van der Waals surface area contributed by atoms with Crippen molar-refractivity contribution >= 4 is 28.3 Å². The minimum atomic E-state index is -0.481. The van der Waals surface area contributed by atoms with Crippen LogP contribution in [0.2, 0.25) is 0 Å². The highest BCUT2D eigenvalue weighted by atomic mass is 16.5. The summed E-state index contributed by atoms with van der Waals surface area (Å²) in [6.07, 6.45) is 8.48. The molecule has 32 heavy (non-hydrogen) atoms. The highest BCUT2D eigenvalue weighted by Gasteiger charge is 2.54. The van der Waals surface area contributed by atoms with Crippen LogP contribution in [0.5, 0.6) is 5.75 Å².